The lowest BCUT2D eigenvalue weighted by Crippen LogP contribution is -2.64. The number of nitrogens with one attached hydrogen (secondary N) is 1. The number of aliphatic hydroxyl groups is 3. The predicted molar refractivity (Wildman–Crippen MR) is 52.4 cm³/mol. The normalized spacial score (nSPS) is 39.4. The van der Waals surface area contributed by atoms with Crippen molar-refractivity contribution in [2.24, 2.45) is 0 Å². The van der Waals surface area contributed by atoms with E-state index < -0.39 is 37.3 Å². The molecule has 1 aliphatic heterocycles. The molecule has 16 heavy (non-hydrogen) atoms. The van der Waals surface area contributed by atoms with Crippen molar-refractivity contribution in [1.29, 1.82) is 0 Å². The molecule has 1 fully saturated rings. The Morgan fingerprint density at radius 3 is 2.50 bits per heavy atom. The van der Waals surface area contributed by atoms with Gasteiger partial charge in [0.1, 0.15) is 24.4 Å². The molecule has 7 nitrogen and oxygen atoms in total. The molecule has 7 heteroatoms. The average Bonchev–Trinajstić information content (AvgIpc) is 2.25. The summed E-state index contributed by atoms with van der Waals surface area (Å²) in [5.41, 5.74) is 0. The number of hydrogen-bond donors (Lipinski definition) is 4. The molecule has 1 amide bonds. The lowest BCUT2D eigenvalue weighted by Gasteiger charge is -2.41. The van der Waals surface area contributed by atoms with Gasteiger partial charge in [0.2, 0.25) is 5.91 Å². The second kappa shape index (κ2) is 5.55. The molecule has 1 saturated heterocycles. The van der Waals surface area contributed by atoms with Gasteiger partial charge in [0, 0.05) is 14.0 Å². The van der Waals surface area contributed by atoms with Crippen LogP contribution in [0, 0.1) is 0 Å². The third-order valence-electron chi connectivity index (χ3n) is 2.48. The minimum Gasteiger partial charge on any atom is -0.394 e. The van der Waals surface area contributed by atoms with Crippen LogP contribution < -0.4 is 5.32 Å². The molecular weight excluding hydrogens is 218 g/mol. The van der Waals surface area contributed by atoms with Crippen molar-refractivity contribution in [3.8, 4) is 0 Å². The predicted octanol–water partition coefficient (Wildman–Crippen LogP) is -2.42. The first-order valence-corrected chi connectivity index (χ1v) is 4.93. The van der Waals surface area contributed by atoms with Crippen LogP contribution in [0.3, 0.4) is 0 Å². The van der Waals surface area contributed by atoms with E-state index in [-0.39, 0.29) is 5.91 Å². The summed E-state index contributed by atoms with van der Waals surface area (Å²) >= 11 is 0. The zero-order valence-corrected chi connectivity index (χ0v) is 9.16. The molecule has 1 aliphatic rings. The van der Waals surface area contributed by atoms with E-state index in [1.807, 2.05) is 0 Å². The molecule has 1 rings (SSSR count). The van der Waals surface area contributed by atoms with Crippen LogP contribution in [-0.4, -0.2) is 65.6 Å². The first-order chi connectivity index (χ1) is 7.51. The van der Waals surface area contributed by atoms with Gasteiger partial charge in [0.05, 0.1) is 6.61 Å². The minimum absolute atomic E-state index is 0.371. The molecule has 4 N–H and O–H groups in total. The quantitative estimate of drug-likeness (QED) is 0.433. The highest BCUT2D eigenvalue weighted by atomic mass is 16.7. The van der Waals surface area contributed by atoms with Crippen molar-refractivity contribution in [3.05, 3.63) is 0 Å². The van der Waals surface area contributed by atoms with Gasteiger partial charge in [0.25, 0.3) is 0 Å². The van der Waals surface area contributed by atoms with Crippen LogP contribution in [-0.2, 0) is 14.3 Å². The second-order valence-electron chi connectivity index (χ2n) is 3.67. The summed E-state index contributed by atoms with van der Waals surface area (Å²) < 4.78 is 10.1. The maximum Gasteiger partial charge on any atom is 0.217 e. The second-order valence-corrected chi connectivity index (χ2v) is 3.67. The van der Waals surface area contributed by atoms with Crippen LogP contribution >= 0.6 is 0 Å². The molecule has 0 saturated carbocycles. The Labute approximate surface area is 93.0 Å². The summed E-state index contributed by atoms with van der Waals surface area (Å²) in [6.45, 7) is 0.842. The van der Waals surface area contributed by atoms with Crippen LogP contribution in [0.1, 0.15) is 6.92 Å². The number of ether oxygens (including phenoxy) is 2. The molecule has 2 unspecified atom stereocenters. The van der Waals surface area contributed by atoms with Crippen molar-refractivity contribution >= 4 is 5.91 Å². The van der Waals surface area contributed by atoms with Crippen molar-refractivity contribution < 1.29 is 29.6 Å². The smallest absolute Gasteiger partial charge is 0.217 e. The van der Waals surface area contributed by atoms with E-state index in [2.05, 4.69) is 5.32 Å². The molecular formula is C9H17NO6. The standard InChI is InChI=1S/C9H17NO6/c1-4(12)10-6-8(14)7(13)5(3-11)16-9(6)15-2/h5-9,11,13-14H,3H2,1-2H3,(H,10,12)/t5?,6?,7-,8+,9+/m1/s1. The van der Waals surface area contributed by atoms with E-state index in [4.69, 9.17) is 14.6 Å². The van der Waals surface area contributed by atoms with Crippen molar-refractivity contribution in [2.75, 3.05) is 13.7 Å². The maximum atomic E-state index is 10.9. The molecule has 0 spiro atoms. The fourth-order valence-corrected chi connectivity index (χ4v) is 1.67. The van der Waals surface area contributed by atoms with Gasteiger partial charge < -0.3 is 30.1 Å². The molecule has 0 aromatic rings. The summed E-state index contributed by atoms with van der Waals surface area (Å²) in [7, 11) is 1.35. The number of methoxy groups -OCH3 is 1. The molecule has 0 radical (unpaired) electrons. The summed E-state index contributed by atoms with van der Waals surface area (Å²) in [6, 6.07) is -0.861. The lowest BCUT2D eigenvalue weighted by atomic mass is 9.97. The topological polar surface area (TPSA) is 108 Å². The Kier molecular flexibility index (Phi) is 4.63. The Balaban J connectivity index is 2.77. The fraction of sp³-hybridized carbons (Fsp3) is 0.889. The van der Waals surface area contributed by atoms with E-state index in [9.17, 15) is 15.0 Å². The van der Waals surface area contributed by atoms with Crippen LogP contribution in [0.4, 0.5) is 0 Å². The van der Waals surface area contributed by atoms with Crippen molar-refractivity contribution in [2.45, 2.75) is 37.6 Å². The van der Waals surface area contributed by atoms with E-state index in [1.165, 1.54) is 14.0 Å². The van der Waals surface area contributed by atoms with Crippen molar-refractivity contribution in [3.63, 3.8) is 0 Å². The van der Waals surface area contributed by atoms with Gasteiger partial charge >= 0.3 is 0 Å². The number of aliphatic hydroxyl groups excluding tert-OH is 3. The van der Waals surface area contributed by atoms with Gasteiger partial charge in [-0.2, -0.15) is 0 Å². The number of carbonyl (C=O) groups excluding carboxylic acids is 1. The van der Waals surface area contributed by atoms with Crippen molar-refractivity contribution in [1.82, 2.24) is 5.32 Å². The third-order valence-corrected chi connectivity index (χ3v) is 2.48. The van der Waals surface area contributed by atoms with Crippen LogP contribution in [0.2, 0.25) is 0 Å². The lowest BCUT2D eigenvalue weighted by molar-refractivity contribution is -0.262. The first-order valence-electron chi connectivity index (χ1n) is 4.93. The molecule has 0 aromatic carbocycles. The van der Waals surface area contributed by atoms with Gasteiger partial charge in [-0.25, -0.2) is 0 Å². The summed E-state index contributed by atoms with van der Waals surface area (Å²) in [4.78, 5) is 10.9. The SMILES string of the molecule is CO[C@H]1OC(CO)[C@@H](O)[C@@H](O)C1NC(C)=O. The number of amides is 1. The van der Waals surface area contributed by atoms with Gasteiger partial charge in [-0.3, -0.25) is 4.79 Å². The van der Waals surface area contributed by atoms with E-state index in [0.29, 0.717) is 0 Å². The monoisotopic (exact) mass is 235 g/mol. The Bertz CT molecular complexity index is 246. The van der Waals surface area contributed by atoms with Gasteiger partial charge in [-0.1, -0.05) is 0 Å². The maximum absolute atomic E-state index is 10.9. The van der Waals surface area contributed by atoms with E-state index in [1.54, 1.807) is 0 Å². The van der Waals surface area contributed by atoms with Gasteiger partial charge in [-0.15, -0.1) is 0 Å². The third kappa shape index (κ3) is 2.69. The number of hydrogen-bond acceptors (Lipinski definition) is 6. The summed E-state index contributed by atoms with van der Waals surface area (Å²) in [5, 5.41) is 30.7. The molecule has 94 valence electrons. The highest BCUT2D eigenvalue weighted by Crippen LogP contribution is 2.21. The number of carbonyl (C=O) groups is 1. The van der Waals surface area contributed by atoms with E-state index >= 15 is 0 Å². The molecule has 1 heterocycles. The van der Waals surface area contributed by atoms with E-state index in [0.717, 1.165) is 0 Å². The fourth-order valence-electron chi connectivity index (χ4n) is 1.67. The van der Waals surface area contributed by atoms with Gasteiger partial charge in [-0.05, 0) is 0 Å². The van der Waals surface area contributed by atoms with Crippen LogP contribution in [0.15, 0.2) is 0 Å². The Morgan fingerprint density at radius 1 is 1.44 bits per heavy atom. The molecule has 0 aromatic heterocycles. The first kappa shape index (κ1) is 13.3. The van der Waals surface area contributed by atoms with Gasteiger partial charge in [0.15, 0.2) is 6.29 Å². The molecule has 5 atom stereocenters. The highest BCUT2D eigenvalue weighted by molar-refractivity contribution is 5.73. The van der Waals surface area contributed by atoms with Crippen LogP contribution in [0.25, 0.3) is 0 Å². The molecule has 0 aliphatic carbocycles. The Morgan fingerprint density at radius 2 is 2.06 bits per heavy atom. The largest absolute Gasteiger partial charge is 0.394 e. The highest BCUT2D eigenvalue weighted by Gasteiger charge is 2.44. The average molecular weight is 235 g/mol. The molecule has 0 bridgehead atoms. The zero-order chi connectivity index (χ0) is 12.3. The zero-order valence-electron chi connectivity index (χ0n) is 9.16. The minimum atomic E-state index is -1.27. The number of rotatable bonds is 3. The summed E-state index contributed by atoms with van der Waals surface area (Å²) in [5.74, 6) is -0.371. The van der Waals surface area contributed by atoms with Crippen LogP contribution in [0.5, 0.6) is 0 Å². The summed E-state index contributed by atoms with van der Waals surface area (Å²) in [6.07, 6.45) is -4.35. The Hall–Kier alpha value is -0.730.